The molecule has 86 valence electrons. The van der Waals surface area contributed by atoms with Gasteiger partial charge in [-0.2, -0.15) is 0 Å². The Morgan fingerprint density at radius 2 is 2.00 bits per heavy atom. The highest BCUT2D eigenvalue weighted by Crippen LogP contribution is 2.38. The third kappa shape index (κ3) is 1.70. The largest absolute Gasteiger partial charge is 0.456 e. The number of carbonyl (C=O) groups is 1. The maximum absolute atomic E-state index is 11.9. The SMILES string of the molecule is CC1(C)C=C(c2cc3ccccc3o2)C(=O)C1. The van der Waals surface area contributed by atoms with Crippen LogP contribution in [0.15, 0.2) is 40.8 Å². The highest BCUT2D eigenvalue weighted by molar-refractivity contribution is 6.23. The minimum absolute atomic E-state index is 0.0502. The van der Waals surface area contributed by atoms with E-state index < -0.39 is 0 Å². The average molecular weight is 226 g/mol. The van der Waals surface area contributed by atoms with Gasteiger partial charge >= 0.3 is 0 Å². The molecule has 0 atom stereocenters. The molecular formula is C15H14O2. The summed E-state index contributed by atoms with van der Waals surface area (Å²) in [6.45, 7) is 4.14. The number of ketones is 1. The molecule has 0 bridgehead atoms. The minimum atomic E-state index is -0.0502. The predicted octanol–water partition coefficient (Wildman–Crippen LogP) is 3.82. The van der Waals surface area contributed by atoms with E-state index in [0.29, 0.717) is 12.2 Å². The van der Waals surface area contributed by atoms with Crippen molar-refractivity contribution in [1.29, 1.82) is 0 Å². The van der Waals surface area contributed by atoms with E-state index in [1.807, 2.05) is 36.4 Å². The normalized spacial score (nSPS) is 18.7. The molecule has 1 aromatic carbocycles. The second kappa shape index (κ2) is 3.33. The van der Waals surface area contributed by atoms with Crippen LogP contribution in [0.5, 0.6) is 0 Å². The predicted molar refractivity (Wildman–Crippen MR) is 67.6 cm³/mol. The Bertz CT molecular complexity index is 596. The molecule has 2 nitrogen and oxygen atoms in total. The van der Waals surface area contributed by atoms with Crippen molar-refractivity contribution in [2.75, 3.05) is 0 Å². The van der Waals surface area contributed by atoms with Gasteiger partial charge in [0.2, 0.25) is 0 Å². The fraction of sp³-hybridized carbons (Fsp3) is 0.267. The van der Waals surface area contributed by atoms with Crippen LogP contribution in [0, 0.1) is 5.41 Å². The zero-order valence-electron chi connectivity index (χ0n) is 9.99. The van der Waals surface area contributed by atoms with E-state index in [9.17, 15) is 4.79 Å². The van der Waals surface area contributed by atoms with Gasteiger partial charge in [0.15, 0.2) is 5.78 Å². The van der Waals surface area contributed by atoms with E-state index in [1.54, 1.807) is 0 Å². The van der Waals surface area contributed by atoms with E-state index in [2.05, 4.69) is 13.8 Å². The summed E-state index contributed by atoms with van der Waals surface area (Å²) < 4.78 is 5.73. The van der Waals surface area contributed by atoms with Gasteiger partial charge in [-0.05, 0) is 17.5 Å². The Balaban J connectivity index is 2.13. The third-order valence-electron chi connectivity index (χ3n) is 3.14. The first-order valence-electron chi connectivity index (χ1n) is 5.80. The number of benzene rings is 1. The van der Waals surface area contributed by atoms with Gasteiger partial charge in [-0.3, -0.25) is 4.79 Å². The van der Waals surface area contributed by atoms with Gasteiger partial charge in [-0.15, -0.1) is 0 Å². The second-order valence-electron chi connectivity index (χ2n) is 5.30. The molecule has 1 aliphatic carbocycles. The molecule has 0 unspecified atom stereocenters. The van der Waals surface area contributed by atoms with Crippen LogP contribution in [0.1, 0.15) is 26.0 Å². The number of allylic oxidation sites excluding steroid dienone is 2. The van der Waals surface area contributed by atoms with Crippen molar-refractivity contribution in [2.45, 2.75) is 20.3 Å². The molecule has 1 aliphatic rings. The maximum Gasteiger partial charge on any atom is 0.167 e. The van der Waals surface area contributed by atoms with Crippen molar-refractivity contribution >= 4 is 22.3 Å². The molecule has 3 rings (SSSR count). The zero-order chi connectivity index (χ0) is 12.0. The summed E-state index contributed by atoms with van der Waals surface area (Å²) in [4.78, 5) is 11.9. The van der Waals surface area contributed by atoms with Crippen LogP contribution in [-0.4, -0.2) is 5.78 Å². The van der Waals surface area contributed by atoms with Crippen molar-refractivity contribution in [3.8, 4) is 0 Å². The van der Waals surface area contributed by atoms with E-state index in [-0.39, 0.29) is 11.2 Å². The highest BCUT2D eigenvalue weighted by atomic mass is 16.3. The fourth-order valence-corrected chi connectivity index (χ4v) is 2.35. The summed E-state index contributed by atoms with van der Waals surface area (Å²) in [6.07, 6.45) is 2.59. The van der Waals surface area contributed by atoms with Crippen LogP contribution in [-0.2, 0) is 4.79 Å². The molecule has 0 saturated heterocycles. The third-order valence-corrected chi connectivity index (χ3v) is 3.14. The van der Waals surface area contributed by atoms with Crippen molar-refractivity contribution in [3.05, 3.63) is 42.2 Å². The van der Waals surface area contributed by atoms with Gasteiger partial charge in [-0.1, -0.05) is 38.1 Å². The summed E-state index contributed by atoms with van der Waals surface area (Å²) in [5.41, 5.74) is 1.51. The summed E-state index contributed by atoms with van der Waals surface area (Å²) in [5.74, 6) is 0.871. The van der Waals surface area contributed by atoms with Gasteiger partial charge in [0, 0.05) is 11.8 Å². The molecule has 0 N–H and O–H groups in total. The first-order chi connectivity index (χ1) is 8.05. The minimum Gasteiger partial charge on any atom is -0.456 e. The Hall–Kier alpha value is -1.83. The molecule has 2 heteroatoms. The number of fused-ring (bicyclic) bond motifs is 1. The zero-order valence-corrected chi connectivity index (χ0v) is 9.99. The van der Waals surface area contributed by atoms with Crippen LogP contribution in [0.3, 0.4) is 0 Å². The highest BCUT2D eigenvalue weighted by Gasteiger charge is 2.32. The Kier molecular flexibility index (Phi) is 2.02. The number of furan rings is 1. The number of carbonyl (C=O) groups excluding carboxylic acids is 1. The van der Waals surface area contributed by atoms with Crippen LogP contribution in [0.2, 0.25) is 0 Å². The fourth-order valence-electron chi connectivity index (χ4n) is 2.35. The quantitative estimate of drug-likeness (QED) is 0.740. The average Bonchev–Trinajstić information content (AvgIpc) is 2.78. The molecule has 1 aromatic heterocycles. The summed E-state index contributed by atoms with van der Waals surface area (Å²) >= 11 is 0. The van der Waals surface area contributed by atoms with E-state index >= 15 is 0 Å². The molecule has 0 aliphatic heterocycles. The molecule has 1 heterocycles. The smallest absolute Gasteiger partial charge is 0.167 e. The molecule has 2 aromatic rings. The summed E-state index contributed by atoms with van der Waals surface area (Å²) in [6, 6.07) is 9.76. The number of hydrogen-bond donors (Lipinski definition) is 0. The van der Waals surface area contributed by atoms with E-state index in [4.69, 9.17) is 4.42 Å². The summed E-state index contributed by atoms with van der Waals surface area (Å²) in [7, 11) is 0. The lowest BCUT2D eigenvalue weighted by atomic mass is 9.93. The van der Waals surface area contributed by atoms with Crippen LogP contribution < -0.4 is 0 Å². The van der Waals surface area contributed by atoms with Crippen LogP contribution >= 0.6 is 0 Å². The monoisotopic (exact) mass is 226 g/mol. The molecule has 17 heavy (non-hydrogen) atoms. The molecular weight excluding hydrogens is 212 g/mol. The topological polar surface area (TPSA) is 30.2 Å². The Labute approximate surface area is 99.9 Å². The van der Waals surface area contributed by atoms with Crippen molar-refractivity contribution < 1.29 is 9.21 Å². The Morgan fingerprint density at radius 3 is 2.65 bits per heavy atom. The van der Waals surface area contributed by atoms with Crippen molar-refractivity contribution in [1.82, 2.24) is 0 Å². The Morgan fingerprint density at radius 1 is 1.24 bits per heavy atom. The maximum atomic E-state index is 11.9. The van der Waals surface area contributed by atoms with Crippen molar-refractivity contribution in [2.24, 2.45) is 5.41 Å². The lowest BCUT2D eigenvalue weighted by Crippen LogP contribution is -2.05. The van der Waals surface area contributed by atoms with Gasteiger partial charge in [0.1, 0.15) is 11.3 Å². The number of Topliss-reactive ketones (excluding diaryl/α,β-unsaturated/α-hetero) is 1. The van der Waals surface area contributed by atoms with Crippen LogP contribution in [0.4, 0.5) is 0 Å². The van der Waals surface area contributed by atoms with Crippen molar-refractivity contribution in [3.63, 3.8) is 0 Å². The van der Waals surface area contributed by atoms with Gasteiger partial charge in [-0.25, -0.2) is 0 Å². The van der Waals surface area contributed by atoms with Crippen LogP contribution in [0.25, 0.3) is 16.5 Å². The van der Waals surface area contributed by atoms with E-state index in [1.165, 1.54) is 0 Å². The van der Waals surface area contributed by atoms with Gasteiger partial charge < -0.3 is 4.42 Å². The lowest BCUT2D eigenvalue weighted by Gasteiger charge is -2.10. The molecule has 0 amide bonds. The first-order valence-corrected chi connectivity index (χ1v) is 5.80. The van der Waals surface area contributed by atoms with Gasteiger partial charge in [0.25, 0.3) is 0 Å². The number of para-hydroxylation sites is 1. The second-order valence-corrected chi connectivity index (χ2v) is 5.30. The lowest BCUT2D eigenvalue weighted by molar-refractivity contribution is -0.114. The number of hydrogen-bond acceptors (Lipinski definition) is 2. The number of rotatable bonds is 1. The summed E-state index contributed by atoms with van der Waals surface area (Å²) in [5, 5.41) is 1.04. The van der Waals surface area contributed by atoms with Gasteiger partial charge in [0.05, 0.1) is 5.57 Å². The first kappa shape index (κ1) is 10.3. The molecule has 0 spiro atoms. The standard InChI is InChI=1S/C15H14O2/c1-15(2)8-11(12(16)9-15)14-7-10-5-3-4-6-13(10)17-14/h3-8H,9H2,1-2H3. The molecule has 0 radical (unpaired) electrons. The molecule has 0 saturated carbocycles. The van der Waals surface area contributed by atoms with E-state index in [0.717, 1.165) is 16.5 Å². The molecule has 0 fully saturated rings.